The van der Waals surface area contributed by atoms with E-state index >= 15 is 0 Å². The predicted octanol–water partition coefficient (Wildman–Crippen LogP) is 1.39. The molecule has 1 atom stereocenters. The van der Waals surface area contributed by atoms with Crippen molar-refractivity contribution < 1.29 is 4.74 Å². The minimum Gasteiger partial charge on any atom is -0.377 e. The van der Waals surface area contributed by atoms with Crippen LogP contribution in [0.1, 0.15) is 27.7 Å². The van der Waals surface area contributed by atoms with E-state index in [0.717, 1.165) is 0 Å². The molecule has 0 saturated carbocycles. The number of methoxy groups -OCH3 is 1. The van der Waals surface area contributed by atoms with Gasteiger partial charge in [0, 0.05) is 13.2 Å². The molecule has 0 aliphatic heterocycles. The van der Waals surface area contributed by atoms with Gasteiger partial charge in [0.05, 0.1) is 5.60 Å². The van der Waals surface area contributed by atoms with E-state index in [4.69, 9.17) is 10.5 Å². The quantitative estimate of drug-likeness (QED) is 0.651. The van der Waals surface area contributed by atoms with Gasteiger partial charge in [0.15, 0.2) is 0 Å². The fourth-order valence-electron chi connectivity index (χ4n) is 0.939. The summed E-state index contributed by atoms with van der Waals surface area (Å²) in [7, 11) is 1.70. The third kappa shape index (κ3) is 2.27. The fourth-order valence-corrected chi connectivity index (χ4v) is 0.939. The topological polar surface area (TPSA) is 35.2 Å². The Hall–Kier alpha value is -0.0800. The molecule has 0 aromatic heterocycles. The highest BCUT2D eigenvalue weighted by molar-refractivity contribution is 4.84. The van der Waals surface area contributed by atoms with Gasteiger partial charge < -0.3 is 10.5 Å². The average Bonchev–Trinajstić information content (AvgIpc) is 1.86. The minimum atomic E-state index is -0.200. The molecule has 2 N–H and O–H groups in total. The number of ether oxygens (including phenoxy) is 1. The van der Waals surface area contributed by atoms with E-state index in [1.54, 1.807) is 7.11 Å². The minimum absolute atomic E-state index is 0.109. The second-order valence-electron chi connectivity index (χ2n) is 3.58. The van der Waals surface area contributed by atoms with E-state index in [2.05, 4.69) is 13.8 Å². The molecule has 0 rings (SSSR count). The van der Waals surface area contributed by atoms with Crippen LogP contribution >= 0.6 is 0 Å². The first-order chi connectivity index (χ1) is 4.41. The van der Waals surface area contributed by atoms with Crippen LogP contribution in [0.4, 0.5) is 0 Å². The van der Waals surface area contributed by atoms with Crippen molar-refractivity contribution in [1.82, 2.24) is 0 Å². The summed E-state index contributed by atoms with van der Waals surface area (Å²) in [6, 6.07) is 0.109. The second-order valence-corrected chi connectivity index (χ2v) is 3.58. The summed E-state index contributed by atoms with van der Waals surface area (Å²) in [5, 5.41) is 0. The molecule has 2 nitrogen and oxygen atoms in total. The van der Waals surface area contributed by atoms with Gasteiger partial charge in [-0.3, -0.25) is 0 Å². The first-order valence-corrected chi connectivity index (χ1v) is 3.72. The Balaban J connectivity index is 4.03. The molecule has 0 aliphatic carbocycles. The maximum atomic E-state index is 5.88. The fraction of sp³-hybridized carbons (Fsp3) is 1.00. The lowest BCUT2D eigenvalue weighted by molar-refractivity contribution is -0.0112. The monoisotopic (exact) mass is 145 g/mol. The highest BCUT2D eigenvalue weighted by Gasteiger charge is 2.27. The summed E-state index contributed by atoms with van der Waals surface area (Å²) in [4.78, 5) is 0. The van der Waals surface area contributed by atoms with Crippen molar-refractivity contribution >= 4 is 0 Å². The molecule has 0 spiro atoms. The Labute approximate surface area is 63.7 Å². The molecule has 0 aromatic carbocycles. The number of nitrogens with two attached hydrogens (primary N) is 1. The van der Waals surface area contributed by atoms with Gasteiger partial charge in [-0.1, -0.05) is 13.8 Å². The van der Waals surface area contributed by atoms with Gasteiger partial charge in [-0.15, -0.1) is 0 Å². The van der Waals surface area contributed by atoms with Crippen molar-refractivity contribution in [3.8, 4) is 0 Å². The van der Waals surface area contributed by atoms with E-state index in [1.165, 1.54) is 0 Å². The van der Waals surface area contributed by atoms with Gasteiger partial charge in [0.1, 0.15) is 0 Å². The highest BCUT2D eigenvalue weighted by atomic mass is 16.5. The van der Waals surface area contributed by atoms with E-state index in [0.29, 0.717) is 5.92 Å². The zero-order chi connectivity index (χ0) is 8.36. The molecule has 0 saturated heterocycles. The van der Waals surface area contributed by atoms with Gasteiger partial charge in [0.25, 0.3) is 0 Å². The Morgan fingerprint density at radius 1 is 1.30 bits per heavy atom. The zero-order valence-corrected chi connectivity index (χ0v) is 7.64. The average molecular weight is 145 g/mol. The van der Waals surface area contributed by atoms with Gasteiger partial charge in [-0.05, 0) is 19.8 Å². The first-order valence-electron chi connectivity index (χ1n) is 3.72. The van der Waals surface area contributed by atoms with Crippen LogP contribution in [0.5, 0.6) is 0 Å². The van der Waals surface area contributed by atoms with Gasteiger partial charge in [0.2, 0.25) is 0 Å². The molecule has 10 heavy (non-hydrogen) atoms. The number of hydrogen-bond acceptors (Lipinski definition) is 2. The van der Waals surface area contributed by atoms with E-state index in [-0.39, 0.29) is 11.6 Å². The molecule has 0 amide bonds. The third-order valence-corrected chi connectivity index (χ3v) is 2.05. The molecule has 2 heteroatoms. The van der Waals surface area contributed by atoms with Gasteiger partial charge in [-0.2, -0.15) is 0 Å². The lowest BCUT2D eigenvalue weighted by atomic mass is 9.90. The van der Waals surface area contributed by atoms with Crippen molar-refractivity contribution in [2.75, 3.05) is 7.11 Å². The molecule has 0 radical (unpaired) electrons. The summed E-state index contributed by atoms with van der Waals surface area (Å²) < 4.78 is 5.24. The van der Waals surface area contributed by atoms with Crippen LogP contribution in [0.25, 0.3) is 0 Å². The van der Waals surface area contributed by atoms with Crippen molar-refractivity contribution in [2.45, 2.75) is 39.3 Å². The molecule has 62 valence electrons. The summed E-state index contributed by atoms with van der Waals surface area (Å²) in [6.07, 6.45) is 0. The van der Waals surface area contributed by atoms with Crippen LogP contribution in [0.3, 0.4) is 0 Å². The molecular formula is C8H19NO. The van der Waals surface area contributed by atoms with Gasteiger partial charge >= 0.3 is 0 Å². The summed E-state index contributed by atoms with van der Waals surface area (Å²) in [5.74, 6) is 0.468. The van der Waals surface area contributed by atoms with Crippen LogP contribution in [-0.4, -0.2) is 18.8 Å². The Kier molecular flexibility index (Phi) is 3.33. The summed E-state index contributed by atoms with van der Waals surface area (Å²) in [6.45, 7) is 8.23. The van der Waals surface area contributed by atoms with Crippen molar-refractivity contribution in [3.63, 3.8) is 0 Å². The van der Waals surface area contributed by atoms with Crippen LogP contribution in [0.2, 0.25) is 0 Å². The predicted molar refractivity (Wildman–Crippen MR) is 43.9 cm³/mol. The normalized spacial score (nSPS) is 15.9. The van der Waals surface area contributed by atoms with Crippen LogP contribution < -0.4 is 5.73 Å². The molecule has 0 fully saturated rings. The van der Waals surface area contributed by atoms with E-state index < -0.39 is 0 Å². The lowest BCUT2D eigenvalue weighted by Gasteiger charge is -2.32. The molecule has 1 unspecified atom stereocenters. The standard InChI is InChI=1S/C8H19NO/c1-6(2)7(9)8(3,4)10-5/h6-7H,9H2,1-5H3. The third-order valence-electron chi connectivity index (χ3n) is 2.05. The Bertz CT molecular complexity index is 99.4. The molecular weight excluding hydrogens is 126 g/mol. The smallest absolute Gasteiger partial charge is 0.0775 e. The second kappa shape index (κ2) is 3.35. The van der Waals surface area contributed by atoms with E-state index in [1.807, 2.05) is 13.8 Å². The molecule has 0 aromatic rings. The maximum absolute atomic E-state index is 5.88. The number of hydrogen-bond donors (Lipinski definition) is 1. The molecule has 0 bridgehead atoms. The zero-order valence-electron chi connectivity index (χ0n) is 7.64. The van der Waals surface area contributed by atoms with Crippen molar-refractivity contribution in [3.05, 3.63) is 0 Å². The lowest BCUT2D eigenvalue weighted by Crippen LogP contribution is -2.47. The van der Waals surface area contributed by atoms with E-state index in [9.17, 15) is 0 Å². The van der Waals surface area contributed by atoms with Crippen molar-refractivity contribution in [1.29, 1.82) is 0 Å². The summed E-state index contributed by atoms with van der Waals surface area (Å²) >= 11 is 0. The van der Waals surface area contributed by atoms with Gasteiger partial charge in [-0.25, -0.2) is 0 Å². The number of rotatable bonds is 3. The van der Waals surface area contributed by atoms with Crippen LogP contribution in [0, 0.1) is 5.92 Å². The Morgan fingerprint density at radius 3 is 1.80 bits per heavy atom. The SMILES string of the molecule is COC(C)(C)C(N)C(C)C. The van der Waals surface area contributed by atoms with Crippen LogP contribution in [0.15, 0.2) is 0 Å². The molecule has 0 heterocycles. The molecule has 0 aliphatic rings. The Morgan fingerprint density at radius 2 is 1.70 bits per heavy atom. The highest BCUT2D eigenvalue weighted by Crippen LogP contribution is 2.17. The van der Waals surface area contributed by atoms with Crippen LogP contribution in [-0.2, 0) is 4.74 Å². The van der Waals surface area contributed by atoms with Crippen molar-refractivity contribution in [2.24, 2.45) is 11.7 Å². The summed E-state index contributed by atoms with van der Waals surface area (Å²) in [5.41, 5.74) is 5.68. The largest absolute Gasteiger partial charge is 0.377 e. The first kappa shape index (κ1) is 9.92. The maximum Gasteiger partial charge on any atom is 0.0775 e.